The Morgan fingerprint density at radius 1 is 1.11 bits per heavy atom. The highest BCUT2D eigenvalue weighted by atomic mass is 35.5. The van der Waals surface area contributed by atoms with Crippen LogP contribution in [0.15, 0.2) is 18.2 Å². The van der Waals surface area contributed by atoms with Crippen molar-refractivity contribution in [1.82, 2.24) is 0 Å². The van der Waals surface area contributed by atoms with Gasteiger partial charge in [-0.05, 0) is 80.9 Å². The van der Waals surface area contributed by atoms with E-state index in [0.717, 1.165) is 37.5 Å². The van der Waals surface area contributed by atoms with Crippen LogP contribution in [0, 0.1) is 29.6 Å². The van der Waals surface area contributed by atoms with Gasteiger partial charge < -0.3 is 14.8 Å². The molecule has 0 heterocycles. The Labute approximate surface area is 164 Å². The van der Waals surface area contributed by atoms with Crippen molar-refractivity contribution in [2.75, 3.05) is 12.4 Å². The molecule has 1 N–H and O–H groups in total. The molecule has 5 rings (SSSR count). The summed E-state index contributed by atoms with van der Waals surface area (Å²) in [5, 5.41) is 3.24. The first-order chi connectivity index (χ1) is 12.9. The van der Waals surface area contributed by atoms with Gasteiger partial charge in [0, 0.05) is 5.02 Å². The van der Waals surface area contributed by atoms with E-state index >= 15 is 0 Å². The average molecular weight is 392 g/mol. The predicted molar refractivity (Wildman–Crippen MR) is 103 cm³/mol. The van der Waals surface area contributed by atoms with E-state index in [1.165, 1.54) is 13.5 Å². The van der Waals surface area contributed by atoms with Gasteiger partial charge in [-0.15, -0.1) is 0 Å². The fourth-order valence-electron chi connectivity index (χ4n) is 5.63. The van der Waals surface area contributed by atoms with Gasteiger partial charge in [-0.1, -0.05) is 11.6 Å². The van der Waals surface area contributed by atoms with Crippen LogP contribution in [-0.2, 0) is 14.3 Å². The third-order valence-electron chi connectivity index (χ3n) is 6.58. The van der Waals surface area contributed by atoms with Gasteiger partial charge in [0.1, 0.15) is 5.75 Å². The Kier molecular flexibility index (Phi) is 5.06. The molecule has 4 saturated carbocycles. The predicted octanol–water partition coefficient (Wildman–Crippen LogP) is 4.29. The SMILES string of the molecule is COc1ccc(Cl)cc1NC(=O)[C@H](C)OC(=O)C1C2CC3CC(C2)CC1C3. The van der Waals surface area contributed by atoms with Crippen LogP contribution in [0.3, 0.4) is 0 Å². The summed E-state index contributed by atoms with van der Waals surface area (Å²) in [5.74, 6) is 2.37. The molecular formula is C21H26ClNO4. The molecular weight excluding hydrogens is 366 g/mol. The number of methoxy groups -OCH3 is 1. The smallest absolute Gasteiger partial charge is 0.310 e. The zero-order valence-corrected chi connectivity index (χ0v) is 16.5. The largest absolute Gasteiger partial charge is 0.495 e. The number of amides is 1. The summed E-state index contributed by atoms with van der Waals surface area (Å²) < 4.78 is 10.8. The maximum absolute atomic E-state index is 12.8. The van der Waals surface area contributed by atoms with Crippen molar-refractivity contribution >= 4 is 29.2 Å². The molecule has 1 amide bonds. The van der Waals surface area contributed by atoms with Crippen molar-refractivity contribution in [1.29, 1.82) is 0 Å². The van der Waals surface area contributed by atoms with Crippen LogP contribution >= 0.6 is 11.6 Å². The maximum atomic E-state index is 12.8. The summed E-state index contributed by atoms with van der Waals surface area (Å²) in [6.45, 7) is 1.61. The van der Waals surface area contributed by atoms with Crippen molar-refractivity contribution in [3.63, 3.8) is 0 Å². The molecule has 1 aromatic rings. The van der Waals surface area contributed by atoms with E-state index in [1.54, 1.807) is 25.1 Å². The number of rotatable bonds is 5. The lowest BCUT2D eigenvalue weighted by molar-refractivity contribution is -0.169. The summed E-state index contributed by atoms with van der Waals surface area (Å²) in [4.78, 5) is 25.4. The van der Waals surface area contributed by atoms with Gasteiger partial charge in [0.2, 0.25) is 0 Å². The molecule has 4 fully saturated rings. The number of hydrogen-bond donors (Lipinski definition) is 1. The zero-order chi connectivity index (χ0) is 19.1. The highest BCUT2D eigenvalue weighted by Crippen LogP contribution is 2.56. The molecule has 0 aliphatic heterocycles. The average Bonchev–Trinajstić information content (AvgIpc) is 2.61. The van der Waals surface area contributed by atoms with Crippen molar-refractivity contribution in [3.05, 3.63) is 23.2 Å². The maximum Gasteiger partial charge on any atom is 0.310 e. The van der Waals surface area contributed by atoms with E-state index < -0.39 is 6.10 Å². The standard InChI is InChI=1S/C21H26ClNO4/c1-11(20(24)23-17-10-16(22)3-4-18(17)26-2)27-21(25)19-14-6-12-5-13(8-14)9-15(19)7-12/h3-4,10-15,19H,5-9H2,1-2H3,(H,23,24)/t11-,12?,13?,14?,15?,19?/m0/s1. The first-order valence-corrected chi connectivity index (χ1v) is 10.2. The first kappa shape index (κ1) is 18.6. The second-order valence-electron chi connectivity index (χ2n) is 8.37. The van der Waals surface area contributed by atoms with Crippen molar-refractivity contribution in [2.24, 2.45) is 29.6 Å². The number of anilines is 1. The van der Waals surface area contributed by atoms with Gasteiger partial charge in [0.25, 0.3) is 5.91 Å². The molecule has 0 saturated heterocycles. The second-order valence-corrected chi connectivity index (χ2v) is 8.81. The van der Waals surface area contributed by atoms with Crippen LogP contribution in [0.4, 0.5) is 5.69 Å². The molecule has 146 valence electrons. The first-order valence-electron chi connectivity index (χ1n) is 9.79. The number of carbonyl (C=O) groups is 2. The van der Waals surface area contributed by atoms with Crippen LogP contribution in [0.5, 0.6) is 5.75 Å². The Hall–Kier alpha value is -1.75. The molecule has 1 aromatic carbocycles. The van der Waals surface area contributed by atoms with E-state index in [9.17, 15) is 9.59 Å². The normalized spacial score (nSPS) is 32.0. The summed E-state index contributed by atoms with van der Waals surface area (Å²) in [5.41, 5.74) is 0.465. The molecule has 4 bridgehead atoms. The molecule has 4 aliphatic carbocycles. The van der Waals surface area contributed by atoms with Crippen molar-refractivity contribution < 1.29 is 19.1 Å². The van der Waals surface area contributed by atoms with Crippen molar-refractivity contribution in [2.45, 2.75) is 45.1 Å². The lowest BCUT2D eigenvalue weighted by atomic mass is 9.52. The number of benzene rings is 1. The number of esters is 1. The summed E-state index contributed by atoms with van der Waals surface area (Å²) in [6, 6.07) is 4.99. The highest BCUT2D eigenvalue weighted by molar-refractivity contribution is 6.31. The quantitative estimate of drug-likeness (QED) is 0.760. The molecule has 0 spiro atoms. The fourth-order valence-corrected chi connectivity index (χ4v) is 5.80. The number of carbonyl (C=O) groups excluding carboxylic acids is 2. The fraction of sp³-hybridized carbons (Fsp3) is 0.619. The molecule has 0 unspecified atom stereocenters. The van der Waals surface area contributed by atoms with Crippen molar-refractivity contribution in [3.8, 4) is 5.75 Å². The Balaban J connectivity index is 1.39. The Bertz CT molecular complexity index is 722. The highest BCUT2D eigenvalue weighted by Gasteiger charge is 2.51. The van der Waals surface area contributed by atoms with E-state index in [1.807, 2.05) is 0 Å². The van der Waals surface area contributed by atoms with Crippen LogP contribution in [-0.4, -0.2) is 25.1 Å². The molecule has 27 heavy (non-hydrogen) atoms. The summed E-state index contributed by atoms with van der Waals surface area (Å²) in [6.07, 6.45) is 5.06. The van der Waals surface area contributed by atoms with Crippen LogP contribution < -0.4 is 10.1 Å². The Morgan fingerprint density at radius 3 is 2.33 bits per heavy atom. The van der Waals surface area contributed by atoms with Gasteiger partial charge in [-0.2, -0.15) is 0 Å². The van der Waals surface area contributed by atoms with Gasteiger partial charge in [0.15, 0.2) is 6.10 Å². The summed E-state index contributed by atoms with van der Waals surface area (Å²) >= 11 is 6.00. The number of nitrogens with one attached hydrogen (secondary N) is 1. The monoisotopic (exact) mass is 391 g/mol. The lowest BCUT2D eigenvalue weighted by Gasteiger charge is -2.53. The molecule has 6 heteroatoms. The number of hydrogen-bond acceptors (Lipinski definition) is 4. The van der Waals surface area contributed by atoms with Gasteiger partial charge in [-0.25, -0.2) is 0 Å². The topological polar surface area (TPSA) is 64.6 Å². The minimum atomic E-state index is -0.863. The van der Waals surface area contributed by atoms with E-state index in [2.05, 4.69) is 5.32 Å². The Morgan fingerprint density at radius 2 is 1.74 bits per heavy atom. The summed E-state index contributed by atoms with van der Waals surface area (Å²) in [7, 11) is 1.52. The third-order valence-corrected chi connectivity index (χ3v) is 6.82. The molecule has 5 nitrogen and oxygen atoms in total. The van der Waals surface area contributed by atoms with E-state index in [0.29, 0.717) is 28.3 Å². The molecule has 4 aliphatic rings. The van der Waals surface area contributed by atoms with E-state index in [-0.39, 0.29) is 17.8 Å². The van der Waals surface area contributed by atoms with E-state index in [4.69, 9.17) is 21.1 Å². The van der Waals surface area contributed by atoms with Crippen LogP contribution in [0.1, 0.15) is 39.0 Å². The van der Waals surface area contributed by atoms with Gasteiger partial charge in [0.05, 0.1) is 18.7 Å². The van der Waals surface area contributed by atoms with Crippen LogP contribution in [0.25, 0.3) is 0 Å². The number of halogens is 1. The molecule has 1 atom stereocenters. The number of ether oxygens (including phenoxy) is 2. The lowest BCUT2D eigenvalue weighted by Crippen LogP contribution is -2.49. The van der Waals surface area contributed by atoms with Gasteiger partial charge >= 0.3 is 5.97 Å². The minimum absolute atomic E-state index is 0.0336. The third kappa shape index (κ3) is 3.66. The second kappa shape index (κ2) is 7.34. The zero-order valence-electron chi connectivity index (χ0n) is 15.7. The van der Waals surface area contributed by atoms with Gasteiger partial charge in [-0.3, -0.25) is 9.59 Å². The van der Waals surface area contributed by atoms with Crippen LogP contribution in [0.2, 0.25) is 5.02 Å². The molecule has 0 radical (unpaired) electrons. The minimum Gasteiger partial charge on any atom is -0.495 e. The molecule has 0 aromatic heterocycles.